The van der Waals surface area contributed by atoms with Crippen molar-refractivity contribution in [3.05, 3.63) is 72.3 Å². The molecule has 2 aromatic rings. The lowest BCUT2D eigenvalue weighted by molar-refractivity contribution is 0.0980. The van der Waals surface area contributed by atoms with E-state index in [2.05, 4.69) is 11.9 Å². The number of rotatable bonds is 11. The Bertz CT molecular complexity index is 959. The molecule has 0 fully saturated rings. The van der Waals surface area contributed by atoms with Crippen LogP contribution in [0, 0.1) is 5.92 Å². The second-order valence-corrected chi connectivity index (χ2v) is 9.74. The summed E-state index contributed by atoms with van der Waals surface area (Å²) >= 11 is 0. The first-order chi connectivity index (χ1) is 14.6. The van der Waals surface area contributed by atoms with Gasteiger partial charge in [0.1, 0.15) is 0 Å². The normalized spacial score (nSPS) is 13.7. The van der Waals surface area contributed by atoms with Gasteiger partial charge in [0, 0.05) is 13.1 Å². The van der Waals surface area contributed by atoms with E-state index in [1.807, 2.05) is 44.2 Å². The van der Waals surface area contributed by atoms with Gasteiger partial charge in [-0.15, -0.1) is 0 Å². The van der Waals surface area contributed by atoms with Gasteiger partial charge in [-0.1, -0.05) is 69.0 Å². The van der Waals surface area contributed by atoms with E-state index < -0.39 is 28.3 Å². The van der Waals surface area contributed by atoms with Crippen LogP contribution in [0.5, 0.6) is 0 Å². The van der Waals surface area contributed by atoms with Gasteiger partial charge in [0.25, 0.3) is 0 Å². The summed E-state index contributed by atoms with van der Waals surface area (Å²) in [5.41, 5.74) is 1.63. The maximum atomic E-state index is 13.3. The molecule has 0 aromatic heterocycles. The second kappa shape index (κ2) is 11.1. The highest BCUT2D eigenvalue weighted by Crippen LogP contribution is 2.20. The molecule has 3 N–H and O–H groups in total. The molecule has 168 valence electrons. The molecule has 1 amide bonds. The van der Waals surface area contributed by atoms with Gasteiger partial charge in [-0.2, -0.15) is 4.31 Å². The Hall–Kier alpha value is -2.68. The summed E-state index contributed by atoms with van der Waals surface area (Å²) in [6.07, 6.45) is -0.661. The van der Waals surface area contributed by atoms with Crippen LogP contribution in [-0.2, 0) is 16.4 Å². The van der Waals surface area contributed by atoms with Crippen molar-refractivity contribution in [3.63, 3.8) is 0 Å². The second-order valence-electron chi connectivity index (χ2n) is 7.80. The van der Waals surface area contributed by atoms with E-state index in [0.717, 1.165) is 11.1 Å². The van der Waals surface area contributed by atoms with Crippen LogP contribution in [0.2, 0.25) is 0 Å². The monoisotopic (exact) mass is 446 g/mol. The lowest BCUT2D eigenvalue weighted by atomic mass is 10.0. The summed E-state index contributed by atoms with van der Waals surface area (Å²) in [5.74, 6) is 0.00873. The molecule has 0 saturated carbocycles. The number of hydrogen-bond acceptors (Lipinski definition) is 4. The number of amides is 1. The van der Waals surface area contributed by atoms with Gasteiger partial charge < -0.3 is 15.5 Å². The predicted octanol–water partition coefficient (Wildman–Crippen LogP) is 3.22. The molecular weight excluding hydrogens is 416 g/mol. The van der Waals surface area contributed by atoms with E-state index in [1.165, 1.54) is 16.4 Å². The summed E-state index contributed by atoms with van der Waals surface area (Å²) in [7, 11) is -3.89. The highest BCUT2D eigenvalue weighted by Gasteiger charge is 2.31. The van der Waals surface area contributed by atoms with E-state index >= 15 is 0 Å². The Kier molecular flexibility index (Phi) is 8.79. The minimum Gasteiger partial charge on any atom is -0.465 e. The molecule has 0 saturated heterocycles. The van der Waals surface area contributed by atoms with Gasteiger partial charge >= 0.3 is 6.09 Å². The molecular formula is C23H30N2O5S. The molecule has 2 aromatic carbocycles. The van der Waals surface area contributed by atoms with E-state index in [4.69, 9.17) is 0 Å². The minimum atomic E-state index is -3.89. The number of aliphatic hydroxyl groups excluding tert-OH is 1. The highest BCUT2D eigenvalue weighted by atomic mass is 32.2. The average molecular weight is 447 g/mol. The molecule has 0 aliphatic heterocycles. The first kappa shape index (κ1) is 24.6. The smallest absolute Gasteiger partial charge is 0.404 e. The standard InChI is InChI=1S/C23H30N2O5S/c1-4-18-10-12-20(13-11-18)31(29,30)25(15-17(2)3)16-22(26)21(24-23(27)28)14-19-8-6-5-7-9-19/h4-13,17,21-22,24,26H,1,14-16H2,2-3H3,(H,27,28)/t21-,22+/m0/s1. The van der Waals surface area contributed by atoms with Crippen LogP contribution >= 0.6 is 0 Å². The van der Waals surface area contributed by atoms with Crippen molar-refractivity contribution >= 4 is 22.2 Å². The number of nitrogens with zero attached hydrogens (tertiary/aromatic N) is 1. The van der Waals surface area contributed by atoms with Crippen LogP contribution in [0.4, 0.5) is 4.79 Å². The maximum Gasteiger partial charge on any atom is 0.404 e. The topological polar surface area (TPSA) is 107 Å². The van der Waals surface area contributed by atoms with Crippen LogP contribution in [0.25, 0.3) is 6.08 Å². The first-order valence-electron chi connectivity index (χ1n) is 10.1. The number of carboxylic acid groups (broad SMARTS) is 1. The number of aliphatic hydroxyl groups is 1. The lowest BCUT2D eigenvalue weighted by Gasteiger charge is -2.30. The average Bonchev–Trinajstić information content (AvgIpc) is 2.73. The van der Waals surface area contributed by atoms with E-state index in [-0.39, 0.29) is 30.3 Å². The van der Waals surface area contributed by atoms with Crippen molar-refractivity contribution in [2.75, 3.05) is 13.1 Å². The number of nitrogens with one attached hydrogen (secondary N) is 1. The third kappa shape index (κ3) is 7.20. The Morgan fingerprint density at radius 1 is 1.10 bits per heavy atom. The lowest BCUT2D eigenvalue weighted by Crippen LogP contribution is -2.50. The summed E-state index contributed by atoms with van der Waals surface area (Å²) in [6.45, 7) is 7.38. The molecule has 8 heteroatoms. The molecule has 0 bridgehead atoms. The van der Waals surface area contributed by atoms with Crippen LogP contribution in [0.15, 0.2) is 66.1 Å². The number of carbonyl (C=O) groups is 1. The minimum absolute atomic E-state index is 0.00873. The van der Waals surface area contributed by atoms with Crippen molar-refractivity contribution in [2.24, 2.45) is 5.92 Å². The van der Waals surface area contributed by atoms with Gasteiger partial charge in [-0.25, -0.2) is 13.2 Å². The van der Waals surface area contributed by atoms with Gasteiger partial charge in [0.05, 0.1) is 17.0 Å². The predicted molar refractivity (Wildman–Crippen MR) is 121 cm³/mol. The van der Waals surface area contributed by atoms with E-state index in [9.17, 15) is 23.4 Å². The van der Waals surface area contributed by atoms with Crippen molar-refractivity contribution in [1.29, 1.82) is 0 Å². The van der Waals surface area contributed by atoms with Crippen LogP contribution in [-0.4, -0.2) is 54.3 Å². The van der Waals surface area contributed by atoms with Crippen LogP contribution in [0.1, 0.15) is 25.0 Å². The van der Waals surface area contributed by atoms with Gasteiger partial charge in [-0.3, -0.25) is 0 Å². The molecule has 31 heavy (non-hydrogen) atoms. The molecule has 0 spiro atoms. The fourth-order valence-electron chi connectivity index (χ4n) is 3.25. The zero-order valence-corrected chi connectivity index (χ0v) is 18.6. The van der Waals surface area contributed by atoms with Gasteiger partial charge in [0.2, 0.25) is 10.0 Å². The number of hydrogen-bond donors (Lipinski definition) is 3. The summed E-state index contributed by atoms with van der Waals surface area (Å²) in [6, 6.07) is 14.6. The molecule has 0 heterocycles. The zero-order chi connectivity index (χ0) is 23.0. The molecule has 0 unspecified atom stereocenters. The molecule has 2 atom stereocenters. The Morgan fingerprint density at radius 3 is 2.23 bits per heavy atom. The molecule has 0 aliphatic carbocycles. The van der Waals surface area contributed by atoms with Crippen LogP contribution < -0.4 is 5.32 Å². The third-order valence-corrected chi connectivity index (χ3v) is 6.63. The van der Waals surface area contributed by atoms with E-state index in [1.54, 1.807) is 18.2 Å². The zero-order valence-electron chi connectivity index (χ0n) is 17.8. The number of benzene rings is 2. The number of sulfonamides is 1. The third-order valence-electron chi connectivity index (χ3n) is 4.78. The van der Waals surface area contributed by atoms with Gasteiger partial charge in [0.15, 0.2) is 0 Å². The molecule has 0 radical (unpaired) electrons. The van der Waals surface area contributed by atoms with E-state index in [0.29, 0.717) is 0 Å². The van der Waals surface area contributed by atoms with Crippen molar-refractivity contribution in [3.8, 4) is 0 Å². The first-order valence-corrected chi connectivity index (χ1v) is 11.5. The summed E-state index contributed by atoms with van der Waals surface area (Å²) in [4.78, 5) is 11.4. The summed E-state index contributed by atoms with van der Waals surface area (Å²) in [5, 5.41) is 22.4. The largest absolute Gasteiger partial charge is 0.465 e. The van der Waals surface area contributed by atoms with Gasteiger partial charge in [-0.05, 0) is 35.6 Å². The maximum absolute atomic E-state index is 13.3. The quantitative estimate of drug-likeness (QED) is 0.491. The molecule has 7 nitrogen and oxygen atoms in total. The Balaban J connectivity index is 2.28. The SMILES string of the molecule is C=Cc1ccc(S(=O)(=O)N(CC(C)C)C[C@@H](O)[C@H](Cc2ccccc2)NC(=O)O)cc1. The van der Waals surface area contributed by atoms with Crippen molar-refractivity contribution < 1.29 is 23.4 Å². The Labute approximate surface area is 184 Å². The fourth-order valence-corrected chi connectivity index (χ4v) is 4.87. The Morgan fingerprint density at radius 2 is 1.71 bits per heavy atom. The van der Waals surface area contributed by atoms with Crippen molar-refractivity contribution in [1.82, 2.24) is 9.62 Å². The van der Waals surface area contributed by atoms with Crippen LogP contribution in [0.3, 0.4) is 0 Å². The molecule has 2 rings (SSSR count). The summed E-state index contributed by atoms with van der Waals surface area (Å²) < 4.78 is 27.7. The fraction of sp³-hybridized carbons (Fsp3) is 0.348. The highest BCUT2D eigenvalue weighted by molar-refractivity contribution is 7.89. The van der Waals surface area contributed by atoms with Crippen molar-refractivity contribution in [2.45, 2.75) is 37.3 Å². The molecule has 0 aliphatic rings.